The third-order valence-electron chi connectivity index (χ3n) is 4.98. The van der Waals surface area contributed by atoms with Gasteiger partial charge in [0.1, 0.15) is 12.2 Å². The van der Waals surface area contributed by atoms with Crippen LogP contribution in [0.25, 0.3) is 0 Å². The highest BCUT2D eigenvalue weighted by molar-refractivity contribution is 5.80. The Labute approximate surface area is 122 Å². The van der Waals surface area contributed by atoms with Crippen LogP contribution >= 0.6 is 0 Å². The summed E-state index contributed by atoms with van der Waals surface area (Å²) in [7, 11) is 0. The molecule has 22 heavy (non-hydrogen) atoms. The van der Waals surface area contributed by atoms with Gasteiger partial charge in [-0.3, -0.25) is 4.79 Å². The summed E-state index contributed by atoms with van der Waals surface area (Å²) < 4.78 is 37.4. The lowest BCUT2D eigenvalue weighted by molar-refractivity contribution is -0.706. The summed E-state index contributed by atoms with van der Waals surface area (Å²) in [6.45, 7) is -0.291. The second-order valence-corrected chi connectivity index (χ2v) is 5.92. The number of hydrogen-bond donors (Lipinski definition) is 1. The van der Waals surface area contributed by atoms with E-state index < -0.39 is 48.2 Å². The van der Waals surface area contributed by atoms with Crippen LogP contribution in [-0.4, -0.2) is 48.1 Å². The van der Waals surface area contributed by atoms with Crippen LogP contribution in [0, 0.1) is 23.7 Å². The van der Waals surface area contributed by atoms with Crippen LogP contribution in [0.1, 0.15) is 6.42 Å². The van der Waals surface area contributed by atoms with E-state index in [0.29, 0.717) is 6.42 Å². The quantitative estimate of drug-likeness (QED) is 0.549. The molecular weight excluding hydrogens is 310 g/mol. The highest BCUT2D eigenvalue weighted by atomic mass is 19.3. The van der Waals surface area contributed by atoms with Crippen molar-refractivity contribution in [3.8, 4) is 0 Å². The molecule has 2 saturated heterocycles. The maximum Gasteiger partial charge on any atom is 0.398 e. The van der Waals surface area contributed by atoms with Gasteiger partial charge >= 0.3 is 24.2 Å². The fourth-order valence-electron chi connectivity index (χ4n) is 4.04. The summed E-state index contributed by atoms with van der Waals surface area (Å²) in [6.07, 6.45) is -3.39. The van der Waals surface area contributed by atoms with Crippen LogP contribution in [0.2, 0.25) is 0 Å². The number of aliphatic hydroxyl groups is 1. The Morgan fingerprint density at radius 1 is 1.36 bits per heavy atom. The van der Waals surface area contributed by atoms with Gasteiger partial charge in [-0.15, -0.1) is 0 Å². The molecule has 0 spiro atoms. The van der Waals surface area contributed by atoms with E-state index in [1.807, 2.05) is 0 Å². The van der Waals surface area contributed by atoms with Crippen LogP contribution in [0.4, 0.5) is 8.78 Å². The topological polar surface area (TPSA) is 101 Å². The first-order valence-electron chi connectivity index (χ1n) is 6.84. The Morgan fingerprint density at radius 3 is 2.68 bits per heavy atom. The molecule has 6 unspecified atom stereocenters. The minimum Gasteiger partial charge on any atom is -0.458 e. The lowest BCUT2D eigenvalue weighted by Gasteiger charge is -2.33. The van der Waals surface area contributed by atoms with Gasteiger partial charge < -0.3 is 14.6 Å². The zero-order chi connectivity index (χ0) is 15.6. The molecule has 0 aromatic rings. The normalized spacial score (nSPS) is 43.1. The largest absolute Gasteiger partial charge is 0.458 e. The minimum absolute atomic E-state index is 0.208. The predicted molar refractivity (Wildman–Crippen MR) is 57.4 cm³/mol. The summed E-state index contributed by atoms with van der Waals surface area (Å²) >= 11 is 0. The van der Waals surface area contributed by atoms with E-state index in [4.69, 9.17) is 9.47 Å². The Bertz CT molecular complexity index is 521. The number of esters is 2. The van der Waals surface area contributed by atoms with Gasteiger partial charge in [0.2, 0.25) is 0 Å². The number of carbonyl (C=O) groups excluding carboxylic acids is 2. The summed E-state index contributed by atoms with van der Waals surface area (Å²) in [5.74, 6) is -7.83. The molecule has 1 N–H and O–H groups in total. The van der Waals surface area contributed by atoms with Crippen LogP contribution < -0.4 is 0 Å². The molecule has 4 aliphatic rings. The second-order valence-electron chi connectivity index (χ2n) is 5.92. The molecule has 6 atom stereocenters. The molecule has 0 amide bonds. The van der Waals surface area contributed by atoms with Gasteiger partial charge in [0.05, 0.1) is 5.92 Å². The van der Waals surface area contributed by atoms with Crippen LogP contribution in [0.5, 0.6) is 0 Å². The fraction of sp³-hybridized carbons (Fsp3) is 0.833. The smallest absolute Gasteiger partial charge is 0.398 e. The molecule has 8 nitrogen and oxygen atoms in total. The zero-order valence-electron chi connectivity index (χ0n) is 11.0. The average molecular weight is 322 g/mol. The molecule has 10 heteroatoms. The Hall–Kier alpha value is -1.36. The zero-order valence-corrected chi connectivity index (χ0v) is 11.0. The van der Waals surface area contributed by atoms with Crippen molar-refractivity contribution in [2.45, 2.75) is 30.8 Å². The maximum atomic E-state index is 13.7. The summed E-state index contributed by atoms with van der Waals surface area (Å²) in [5, 5.41) is 13.1. The molecule has 4 fully saturated rings. The molecule has 122 valence electrons. The summed E-state index contributed by atoms with van der Waals surface area (Å²) in [5.41, 5.74) is 0. The monoisotopic (exact) mass is 322 g/mol. The number of fused-ring (bicyclic) bond motifs is 1. The van der Waals surface area contributed by atoms with Gasteiger partial charge in [0.25, 0.3) is 0 Å². The van der Waals surface area contributed by atoms with Crippen molar-refractivity contribution in [2.24, 2.45) is 23.7 Å². The molecule has 0 aromatic heterocycles. The van der Waals surface area contributed by atoms with Crippen molar-refractivity contribution in [3.63, 3.8) is 0 Å². The molecule has 4 rings (SSSR count). The second kappa shape index (κ2) is 4.57. The number of halogens is 2. The van der Waals surface area contributed by atoms with Crippen LogP contribution in [0.15, 0.2) is 0 Å². The third kappa shape index (κ3) is 1.69. The van der Waals surface area contributed by atoms with Crippen LogP contribution in [0.3, 0.4) is 0 Å². The van der Waals surface area contributed by atoms with Crippen LogP contribution in [-0.2, 0) is 33.9 Å². The fourth-order valence-corrected chi connectivity index (χ4v) is 4.04. The molecule has 2 heterocycles. The molecule has 2 bridgehead atoms. The van der Waals surface area contributed by atoms with Gasteiger partial charge in [-0.1, -0.05) is 5.04 Å². The maximum absolute atomic E-state index is 13.7. The predicted octanol–water partition coefficient (Wildman–Crippen LogP) is -0.447. The molecule has 0 radical (unpaired) electrons. The third-order valence-corrected chi connectivity index (χ3v) is 4.98. The molecule has 2 aliphatic heterocycles. The first kappa shape index (κ1) is 14.2. The summed E-state index contributed by atoms with van der Waals surface area (Å²) in [4.78, 5) is 31.4. The van der Waals surface area contributed by atoms with Crippen molar-refractivity contribution in [1.82, 2.24) is 0 Å². The molecule has 2 aliphatic carbocycles. The van der Waals surface area contributed by atoms with Crippen molar-refractivity contribution < 1.29 is 47.8 Å². The van der Waals surface area contributed by atoms with Gasteiger partial charge in [0.15, 0.2) is 0 Å². The lowest BCUT2D eigenvalue weighted by Crippen LogP contribution is -2.53. The number of aliphatic hydroxyl groups excluding tert-OH is 1. The van der Waals surface area contributed by atoms with Crippen molar-refractivity contribution in [2.75, 3.05) is 6.61 Å². The SMILES string of the molecule is O=C1OC2C3CC(C(CO)C13)C2OC(=O)C(F)(F)C1OOO1. The minimum atomic E-state index is -4.04. The van der Waals surface area contributed by atoms with E-state index in [1.165, 1.54) is 0 Å². The van der Waals surface area contributed by atoms with Gasteiger partial charge in [-0.25, -0.2) is 4.79 Å². The molecule has 0 aromatic carbocycles. The lowest BCUT2D eigenvalue weighted by atomic mass is 9.79. The average Bonchev–Trinajstić information content (AvgIpc) is 2.98. The van der Waals surface area contributed by atoms with E-state index in [0.717, 1.165) is 0 Å². The van der Waals surface area contributed by atoms with Crippen molar-refractivity contribution in [1.29, 1.82) is 0 Å². The highest BCUT2D eigenvalue weighted by Crippen LogP contribution is 2.58. The number of alkyl halides is 2. The number of ether oxygens (including phenoxy) is 2. The standard InChI is InChI=1S/C12H12F2O8/c13-12(14,11-20-22-21-11)10(17)19-7-3-1-4-6(5(3)2-15)9(16)18-8(4)7/h3-8,11,15H,1-2H2. The molecule has 2 saturated carbocycles. The highest BCUT2D eigenvalue weighted by Gasteiger charge is 2.69. The first-order valence-corrected chi connectivity index (χ1v) is 6.84. The Balaban J connectivity index is 1.52. The van der Waals surface area contributed by atoms with Gasteiger partial charge in [0, 0.05) is 24.4 Å². The van der Waals surface area contributed by atoms with E-state index in [1.54, 1.807) is 0 Å². The first-order chi connectivity index (χ1) is 10.4. The Morgan fingerprint density at radius 2 is 2.09 bits per heavy atom. The number of carbonyl (C=O) groups is 2. The molecular formula is C12H12F2O8. The van der Waals surface area contributed by atoms with E-state index in [-0.39, 0.29) is 18.4 Å². The van der Waals surface area contributed by atoms with E-state index >= 15 is 0 Å². The van der Waals surface area contributed by atoms with Crippen molar-refractivity contribution in [3.05, 3.63) is 0 Å². The number of hydrogen-bond acceptors (Lipinski definition) is 8. The van der Waals surface area contributed by atoms with E-state index in [2.05, 4.69) is 14.8 Å². The van der Waals surface area contributed by atoms with Gasteiger partial charge in [-0.2, -0.15) is 18.6 Å². The van der Waals surface area contributed by atoms with Crippen molar-refractivity contribution >= 4 is 11.9 Å². The van der Waals surface area contributed by atoms with Gasteiger partial charge in [-0.05, 0) is 6.42 Å². The summed E-state index contributed by atoms with van der Waals surface area (Å²) in [6, 6.07) is 0. The Kier molecular flexibility index (Phi) is 2.96. The number of rotatable bonds is 4. The van der Waals surface area contributed by atoms with E-state index in [9.17, 15) is 23.5 Å².